The van der Waals surface area contributed by atoms with E-state index in [1.165, 1.54) is 11.3 Å². The Morgan fingerprint density at radius 2 is 1.91 bits per heavy atom. The Bertz CT molecular complexity index is 1140. The van der Waals surface area contributed by atoms with Crippen LogP contribution in [0.25, 0.3) is 0 Å². The Balaban J connectivity index is 1.60. The van der Waals surface area contributed by atoms with E-state index >= 15 is 0 Å². The van der Waals surface area contributed by atoms with Crippen molar-refractivity contribution in [3.05, 3.63) is 69.5 Å². The van der Waals surface area contributed by atoms with Gasteiger partial charge in [-0.25, -0.2) is 9.79 Å². The van der Waals surface area contributed by atoms with Gasteiger partial charge < -0.3 is 14.5 Å². The van der Waals surface area contributed by atoms with Crippen LogP contribution in [0, 0.1) is 6.92 Å². The van der Waals surface area contributed by atoms with E-state index in [-0.39, 0.29) is 11.9 Å². The van der Waals surface area contributed by atoms with Gasteiger partial charge in [0.2, 0.25) is 0 Å². The zero-order valence-electron chi connectivity index (χ0n) is 18.3. The zero-order chi connectivity index (χ0) is 22.5. The fourth-order valence-corrected chi connectivity index (χ4v) is 5.03. The molecule has 4 rings (SSSR count). The first-order valence-electron chi connectivity index (χ1n) is 10.9. The molecule has 3 aromatic rings. The van der Waals surface area contributed by atoms with Gasteiger partial charge in [0, 0.05) is 10.6 Å². The van der Waals surface area contributed by atoms with Gasteiger partial charge in [-0.2, -0.15) is 0 Å². The number of aryl methyl sites for hydroxylation is 2. The SMILES string of the molecule is CCOC(=O)c1ccc(NC(=O)c2c(/N=C/c3ccc(C)o3)sc3c2CCCCC3)cc1. The van der Waals surface area contributed by atoms with Crippen molar-refractivity contribution >= 4 is 40.1 Å². The lowest BCUT2D eigenvalue weighted by Crippen LogP contribution is -2.14. The molecule has 6 nitrogen and oxygen atoms in total. The standard InChI is InChI=1S/C25H26N2O4S/c1-3-30-25(29)17-10-12-18(13-11-17)27-23(28)22-20-7-5-4-6-8-21(20)32-24(22)26-15-19-14-9-16(2)31-19/h9-15H,3-8H2,1-2H3,(H,27,28)/b26-15+. The summed E-state index contributed by atoms with van der Waals surface area (Å²) in [6.07, 6.45) is 6.89. The number of thiophene rings is 1. The number of ether oxygens (including phenoxy) is 1. The lowest BCUT2D eigenvalue weighted by atomic mass is 10.0. The zero-order valence-corrected chi connectivity index (χ0v) is 19.1. The Hall–Kier alpha value is -3.19. The minimum absolute atomic E-state index is 0.184. The molecule has 0 bridgehead atoms. The molecule has 1 amide bonds. The van der Waals surface area contributed by atoms with Crippen LogP contribution in [0.5, 0.6) is 0 Å². The normalized spacial score (nSPS) is 13.6. The number of rotatable bonds is 6. The third-order valence-corrected chi connectivity index (χ3v) is 6.55. The molecule has 0 atom stereocenters. The fourth-order valence-electron chi connectivity index (χ4n) is 3.80. The van der Waals surface area contributed by atoms with Crippen LogP contribution in [0.2, 0.25) is 0 Å². The third kappa shape index (κ3) is 4.99. The molecule has 1 N–H and O–H groups in total. The number of nitrogens with one attached hydrogen (secondary N) is 1. The number of esters is 1. The molecular formula is C25H26N2O4S. The third-order valence-electron chi connectivity index (χ3n) is 5.35. The second-order valence-electron chi connectivity index (χ2n) is 7.70. The molecule has 0 spiro atoms. The van der Waals surface area contributed by atoms with Gasteiger partial charge >= 0.3 is 5.97 Å². The van der Waals surface area contributed by atoms with Gasteiger partial charge in [-0.05, 0) is 81.5 Å². The van der Waals surface area contributed by atoms with Crippen molar-refractivity contribution in [3.63, 3.8) is 0 Å². The number of carbonyl (C=O) groups excluding carboxylic acids is 2. The highest BCUT2D eigenvalue weighted by Crippen LogP contribution is 2.39. The molecule has 2 heterocycles. The Morgan fingerprint density at radius 3 is 2.62 bits per heavy atom. The average molecular weight is 451 g/mol. The van der Waals surface area contributed by atoms with Crippen LogP contribution in [0.3, 0.4) is 0 Å². The molecule has 0 unspecified atom stereocenters. The topological polar surface area (TPSA) is 80.9 Å². The number of furan rings is 1. The highest BCUT2D eigenvalue weighted by molar-refractivity contribution is 7.16. The van der Waals surface area contributed by atoms with Gasteiger partial charge in [0.15, 0.2) is 0 Å². The lowest BCUT2D eigenvalue weighted by molar-refractivity contribution is 0.0526. The van der Waals surface area contributed by atoms with Crippen LogP contribution in [-0.4, -0.2) is 24.7 Å². The van der Waals surface area contributed by atoms with E-state index in [1.54, 1.807) is 48.7 Å². The summed E-state index contributed by atoms with van der Waals surface area (Å²) < 4.78 is 10.6. The van der Waals surface area contributed by atoms with Crippen LogP contribution in [0.1, 0.15) is 68.9 Å². The number of nitrogens with zero attached hydrogens (tertiary/aromatic N) is 1. The van der Waals surface area contributed by atoms with Crippen molar-refractivity contribution < 1.29 is 18.7 Å². The van der Waals surface area contributed by atoms with Crippen LogP contribution < -0.4 is 5.32 Å². The molecule has 32 heavy (non-hydrogen) atoms. The van der Waals surface area contributed by atoms with Gasteiger partial charge in [0.1, 0.15) is 16.5 Å². The second-order valence-corrected chi connectivity index (χ2v) is 8.79. The van der Waals surface area contributed by atoms with Gasteiger partial charge in [-0.15, -0.1) is 11.3 Å². The summed E-state index contributed by atoms with van der Waals surface area (Å²) in [7, 11) is 0. The van der Waals surface area contributed by atoms with Crippen molar-refractivity contribution in [2.75, 3.05) is 11.9 Å². The monoisotopic (exact) mass is 450 g/mol. The van der Waals surface area contributed by atoms with Crippen molar-refractivity contribution in [2.45, 2.75) is 46.0 Å². The maximum Gasteiger partial charge on any atom is 0.338 e. The van der Waals surface area contributed by atoms with Crippen molar-refractivity contribution in [3.8, 4) is 0 Å². The molecule has 2 aromatic heterocycles. The summed E-state index contributed by atoms with van der Waals surface area (Å²) in [5, 5.41) is 3.67. The van der Waals surface area contributed by atoms with Gasteiger partial charge in [0.05, 0.1) is 23.9 Å². The van der Waals surface area contributed by atoms with Gasteiger partial charge in [0.25, 0.3) is 5.91 Å². The quantitative estimate of drug-likeness (QED) is 0.280. The molecule has 0 radical (unpaired) electrons. The number of anilines is 1. The molecule has 0 saturated carbocycles. The van der Waals surface area contributed by atoms with Crippen LogP contribution >= 0.6 is 11.3 Å². The van der Waals surface area contributed by atoms with E-state index < -0.39 is 0 Å². The summed E-state index contributed by atoms with van der Waals surface area (Å²) in [6.45, 7) is 3.97. The van der Waals surface area contributed by atoms with E-state index in [2.05, 4.69) is 10.3 Å². The lowest BCUT2D eigenvalue weighted by Gasteiger charge is -2.09. The molecule has 1 aliphatic rings. The second kappa shape index (κ2) is 9.96. The van der Waals surface area contributed by atoms with Crippen LogP contribution in [0.4, 0.5) is 10.7 Å². The van der Waals surface area contributed by atoms with E-state index in [9.17, 15) is 9.59 Å². The average Bonchev–Trinajstić information content (AvgIpc) is 3.28. The Morgan fingerprint density at radius 1 is 1.12 bits per heavy atom. The molecule has 1 aliphatic carbocycles. The number of aliphatic imine (C=N–C) groups is 1. The van der Waals surface area contributed by atoms with Gasteiger partial charge in [-0.1, -0.05) is 6.42 Å². The van der Waals surface area contributed by atoms with E-state index in [4.69, 9.17) is 9.15 Å². The van der Waals surface area contributed by atoms with E-state index in [0.717, 1.165) is 37.0 Å². The molecule has 0 saturated heterocycles. The number of fused-ring (bicyclic) bond motifs is 1. The number of carbonyl (C=O) groups is 2. The van der Waals surface area contributed by atoms with Crippen molar-refractivity contribution in [1.82, 2.24) is 0 Å². The van der Waals surface area contributed by atoms with Crippen molar-refractivity contribution in [2.24, 2.45) is 4.99 Å². The fraction of sp³-hybridized carbons (Fsp3) is 0.320. The molecule has 0 aliphatic heterocycles. The predicted molar refractivity (Wildman–Crippen MR) is 127 cm³/mol. The van der Waals surface area contributed by atoms with Crippen LogP contribution in [-0.2, 0) is 17.6 Å². The Labute approximate surface area is 191 Å². The minimum Gasteiger partial charge on any atom is -0.462 e. The largest absolute Gasteiger partial charge is 0.462 e. The Kier molecular flexibility index (Phi) is 6.85. The number of amides is 1. The molecule has 0 fully saturated rings. The summed E-state index contributed by atoms with van der Waals surface area (Å²) in [4.78, 5) is 31.1. The number of hydrogen-bond acceptors (Lipinski definition) is 6. The molecule has 7 heteroatoms. The van der Waals surface area contributed by atoms with E-state index in [0.29, 0.717) is 34.2 Å². The van der Waals surface area contributed by atoms with Crippen molar-refractivity contribution in [1.29, 1.82) is 0 Å². The first kappa shape index (κ1) is 22.0. The first-order chi connectivity index (χ1) is 15.5. The smallest absolute Gasteiger partial charge is 0.338 e. The van der Waals surface area contributed by atoms with E-state index in [1.807, 2.05) is 19.1 Å². The van der Waals surface area contributed by atoms with Gasteiger partial charge in [-0.3, -0.25) is 4.79 Å². The maximum atomic E-state index is 13.3. The summed E-state index contributed by atoms with van der Waals surface area (Å²) in [5.41, 5.74) is 2.82. The first-order valence-corrected chi connectivity index (χ1v) is 11.7. The molecule has 166 valence electrons. The number of benzene rings is 1. The summed E-state index contributed by atoms with van der Waals surface area (Å²) >= 11 is 1.59. The molecule has 1 aromatic carbocycles. The summed E-state index contributed by atoms with van der Waals surface area (Å²) in [5.74, 6) is 0.916. The van der Waals surface area contributed by atoms with Crippen LogP contribution in [0.15, 0.2) is 45.8 Å². The molecular weight excluding hydrogens is 424 g/mol. The minimum atomic E-state index is -0.377. The highest BCUT2D eigenvalue weighted by atomic mass is 32.1. The highest BCUT2D eigenvalue weighted by Gasteiger charge is 2.24. The maximum absolute atomic E-state index is 13.3. The predicted octanol–water partition coefficient (Wildman–Crippen LogP) is 6.10. The number of hydrogen-bond donors (Lipinski definition) is 1. The summed E-state index contributed by atoms with van der Waals surface area (Å²) in [6, 6.07) is 10.5.